The van der Waals surface area contributed by atoms with Crippen LogP contribution in [0.3, 0.4) is 0 Å². The van der Waals surface area contributed by atoms with E-state index >= 15 is 0 Å². The number of benzene rings is 2. The standard InChI is InChI=1S/C19H16F3N3O4/c1-28-11-4-2-10(3-5-11)17-23-18(26)14-9-12(29-19(20,21)22)8-13-15(24-27)6-7-25(17)16(13)14/h2-5,8-9,17,27H,6-7H2,1H3,(H,23,26). The number of carbonyl (C=O) groups excluding carboxylic acids is 1. The molecule has 1 atom stereocenters. The van der Waals surface area contributed by atoms with Crippen molar-refractivity contribution >= 4 is 17.3 Å². The predicted molar refractivity (Wildman–Crippen MR) is 96.6 cm³/mol. The van der Waals surface area contributed by atoms with E-state index in [9.17, 15) is 23.2 Å². The first kappa shape index (κ1) is 18.9. The van der Waals surface area contributed by atoms with Gasteiger partial charge in [0, 0.05) is 18.5 Å². The van der Waals surface area contributed by atoms with Gasteiger partial charge in [-0.2, -0.15) is 0 Å². The second kappa shape index (κ2) is 6.87. The molecule has 0 aliphatic carbocycles. The lowest BCUT2D eigenvalue weighted by atomic mass is 9.91. The number of rotatable bonds is 3. The van der Waals surface area contributed by atoms with Crippen molar-refractivity contribution in [2.75, 3.05) is 18.6 Å². The van der Waals surface area contributed by atoms with Crippen LogP contribution in [-0.4, -0.2) is 36.8 Å². The third kappa shape index (κ3) is 3.41. The van der Waals surface area contributed by atoms with Crippen molar-refractivity contribution in [3.63, 3.8) is 0 Å². The number of halogens is 3. The summed E-state index contributed by atoms with van der Waals surface area (Å²) in [5.74, 6) is -0.448. The van der Waals surface area contributed by atoms with Gasteiger partial charge >= 0.3 is 6.36 Å². The minimum absolute atomic E-state index is 0.0207. The first-order valence-corrected chi connectivity index (χ1v) is 8.67. The van der Waals surface area contributed by atoms with Crippen molar-refractivity contribution in [3.05, 3.63) is 53.1 Å². The van der Waals surface area contributed by atoms with Crippen LogP contribution in [0.4, 0.5) is 18.9 Å². The molecule has 0 radical (unpaired) electrons. The fourth-order valence-corrected chi connectivity index (χ4v) is 3.67. The van der Waals surface area contributed by atoms with Gasteiger partial charge in [0.1, 0.15) is 17.7 Å². The number of ether oxygens (including phenoxy) is 2. The molecule has 7 nitrogen and oxygen atoms in total. The van der Waals surface area contributed by atoms with E-state index in [2.05, 4.69) is 15.2 Å². The molecule has 152 valence electrons. The average molecular weight is 407 g/mol. The number of hydrogen-bond acceptors (Lipinski definition) is 6. The van der Waals surface area contributed by atoms with E-state index in [1.165, 1.54) is 0 Å². The van der Waals surface area contributed by atoms with E-state index in [1.807, 2.05) is 4.90 Å². The van der Waals surface area contributed by atoms with E-state index < -0.39 is 24.2 Å². The van der Waals surface area contributed by atoms with Crippen LogP contribution >= 0.6 is 0 Å². The number of methoxy groups -OCH3 is 1. The van der Waals surface area contributed by atoms with E-state index in [-0.39, 0.29) is 23.3 Å². The van der Waals surface area contributed by atoms with Gasteiger partial charge in [0.15, 0.2) is 0 Å². The Morgan fingerprint density at radius 1 is 1.17 bits per heavy atom. The van der Waals surface area contributed by atoms with Crippen LogP contribution in [0.25, 0.3) is 0 Å². The Bertz CT molecular complexity index is 989. The molecule has 29 heavy (non-hydrogen) atoms. The van der Waals surface area contributed by atoms with Crippen LogP contribution in [-0.2, 0) is 0 Å². The van der Waals surface area contributed by atoms with Gasteiger partial charge in [-0.05, 0) is 29.8 Å². The van der Waals surface area contributed by atoms with Crippen molar-refractivity contribution < 1.29 is 32.6 Å². The Kier molecular flexibility index (Phi) is 4.48. The smallest absolute Gasteiger partial charge is 0.497 e. The van der Waals surface area contributed by atoms with Crippen LogP contribution in [0, 0.1) is 0 Å². The number of amides is 1. The highest BCUT2D eigenvalue weighted by Crippen LogP contribution is 2.42. The molecular weight excluding hydrogens is 391 g/mol. The van der Waals surface area contributed by atoms with Crippen LogP contribution in [0.1, 0.15) is 34.1 Å². The maximum atomic E-state index is 12.7. The third-order valence-electron chi connectivity index (χ3n) is 4.88. The molecule has 2 aromatic rings. The number of nitrogens with zero attached hydrogens (tertiary/aromatic N) is 2. The Hall–Kier alpha value is -3.43. The van der Waals surface area contributed by atoms with Crippen molar-refractivity contribution in [1.29, 1.82) is 0 Å². The molecule has 2 aliphatic rings. The number of oxime groups is 1. The predicted octanol–water partition coefficient (Wildman–Crippen LogP) is 3.42. The van der Waals surface area contributed by atoms with Gasteiger partial charge in [0.25, 0.3) is 5.91 Å². The molecule has 1 amide bonds. The molecule has 0 fully saturated rings. The van der Waals surface area contributed by atoms with Crippen LogP contribution in [0.15, 0.2) is 41.6 Å². The Morgan fingerprint density at radius 3 is 2.48 bits per heavy atom. The van der Waals surface area contributed by atoms with E-state index in [0.29, 0.717) is 18.0 Å². The Labute approximate surface area is 163 Å². The summed E-state index contributed by atoms with van der Waals surface area (Å²) in [5, 5.41) is 15.4. The minimum Gasteiger partial charge on any atom is -0.497 e. The average Bonchev–Trinajstić information content (AvgIpc) is 2.69. The summed E-state index contributed by atoms with van der Waals surface area (Å²) in [7, 11) is 1.54. The molecule has 0 spiro atoms. The summed E-state index contributed by atoms with van der Waals surface area (Å²) in [6.07, 6.45) is -5.17. The van der Waals surface area contributed by atoms with E-state index in [4.69, 9.17) is 4.74 Å². The zero-order chi connectivity index (χ0) is 20.8. The summed E-state index contributed by atoms with van der Waals surface area (Å²) < 4.78 is 47.2. The van der Waals surface area contributed by atoms with E-state index in [1.54, 1.807) is 31.4 Å². The first-order valence-electron chi connectivity index (χ1n) is 8.67. The van der Waals surface area contributed by atoms with Crippen molar-refractivity contribution in [2.24, 2.45) is 5.16 Å². The van der Waals surface area contributed by atoms with Crippen LogP contribution in [0.5, 0.6) is 11.5 Å². The third-order valence-corrected chi connectivity index (χ3v) is 4.88. The largest absolute Gasteiger partial charge is 0.573 e. The molecule has 1 unspecified atom stereocenters. The van der Waals surface area contributed by atoms with Crippen molar-refractivity contribution in [3.8, 4) is 11.5 Å². The summed E-state index contributed by atoms with van der Waals surface area (Å²) in [6.45, 7) is 0.399. The highest BCUT2D eigenvalue weighted by atomic mass is 19.4. The topological polar surface area (TPSA) is 83.4 Å². The van der Waals surface area contributed by atoms with Crippen LogP contribution in [0.2, 0.25) is 0 Å². The number of anilines is 1. The monoisotopic (exact) mass is 407 g/mol. The SMILES string of the molecule is COc1ccc(C2NC(=O)c3cc(OC(F)(F)F)cc4c3N2CCC4=NO)cc1. The number of carbonyl (C=O) groups is 1. The van der Waals surface area contributed by atoms with Gasteiger partial charge < -0.3 is 24.9 Å². The van der Waals surface area contributed by atoms with Gasteiger partial charge in [0.05, 0.1) is 24.1 Å². The molecule has 0 saturated carbocycles. The van der Waals surface area contributed by atoms with Gasteiger partial charge in [-0.25, -0.2) is 0 Å². The summed E-state index contributed by atoms with van der Waals surface area (Å²) >= 11 is 0. The lowest BCUT2D eigenvalue weighted by Gasteiger charge is -2.43. The van der Waals surface area contributed by atoms with Gasteiger partial charge in [-0.15, -0.1) is 13.2 Å². The highest BCUT2D eigenvalue weighted by molar-refractivity contribution is 6.14. The molecule has 4 rings (SSSR count). The summed E-state index contributed by atoms with van der Waals surface area (Å²) in [4.78, 5) is 14.6. The summed E-state index contributed by atoms with van der Waals surface area (Å²) in [6, 6.07) is 9.28. The molecule has 2 aromatic carbocycles. The molecule has 2 aliphatic heterocycles. The number of alkyl halides is 3. The summed E-state index contributed by atoms with van der Waals surface area (Å²) in [5.41, 5.74) is 1.61. The first-order chi connectivity index (χ1) is 13.8. The molecular formula is C19H16F3N3O4. The fourth-order valence-electron chi connectivity index (χ4n) is 3.67. The minimum atomic E-state index is -4.91. The van der Waals surface area contributed by atoms with Gasteiger partial charge in [-0.1, -0.05) is 17.3 Å². The lowest BCUT2D eigenvalue weighted by molar-refractivity contribution is -0.274. The quantitative estimate of drug-likeness (QED) is 0.602. The molecule has 0 saturated heterocycles. The Morgan fingerprint density at radius 2 is 1.86 bits per heavy atom. The van der Waals surface area contributed by atoms with Gasteiger partial charge in [-0.3, -0.25) is 4.79 Å². The molecule has 2 N–H and O–H groups in total. The Balaban J connectivity index is 1.82. The normalized spacial score (nSPS) is 19.6. The molecule has 0 aromatic heterocycles. The van der Waals surface area contributed by atoms with Gasteiger partial charge in [0.2, 0.25) is 0 Å². The van der Waals surface area contributed by atoms with E-state index in [0.717, 1.165) is 17.7 Å². The zero-order valence-corrected chi connectivity index (χ0v) is 15.2. The number of hydrogen-bond donors (Lipinski definition) is 2. The van der Waals surface area contributed by atoms with Crippen molar-refractivity contribution in [2.45, 2.75) is 18.9 Å². The van der Waals surface area contributed by atoms with Crippen LogP contribution < -0.4 is 19.7 Å². The zero-order valence-electron chi connectivity index (χ0n) is 15.2. The number of nitrogens with one attached hydrogen (secondary N) is 1. The second-order valence-electron chi connectivity index (χ2n) is 6.55. The molecule has 10 heteroatoms. The maximum Gasteiger partial charge on any atom is 0.573 e. The molecule has 2 heterocycles. The fraction of sp³-hybridized carbons (Fsp3) is 0.263. The highest BCUT2D eigenvalue weighted by Gasteiger charge is 2.39. The molecule has 0 bridgehead atoms. The maximum absolute atomic E-state index is 12.7. The van der Waals surface area contributed by atoms with Crippen molar-refractivity contribution in [1.82, 2.24) is 5.32 Å². The second-order valence-corrected chi connectivity index (χ2v) is 6.55. The lowest BCUT2D eigenvalue weighted by Crippen LogP contribution is -2.49.